The quantitative estimate of drug-likeness (QED) is 0.430. The molecule has 1 aliphatic rings. The van der Waals surface area contributed by atoms with Crippen molar-refractivity contribution in [2.75, 3.05) is 6.61 Å². The molecule has 148 valence electrons. The van der Waals surface area contributed by atoms with Crippen LogP contribution in [-0.2, 0) is 16.3 Å². The second-order valence-corrected chi connectivity index (χ2v) is 6.05. The minimum atomic E-state index is -4.82. The Kier molecular flexibility index (Phi) is 5.96. The van der Waals surface area contributed by atoms with E-state index in [2.05, 4.69) is 4.74 Å². The van der Waals surface area contributed by atoms with Crippen molar-refractivity contribution in [3.05, 3.63) is 71.1 Å². The van der Waals surface area contributed by atoms with Gasteiger partial charge in [-0.25, -0.2) is 0 Å². The molecule has 0 bridgehead atoms. The molecule has 0 saturated carbocycles. The Balaban J connectivity index is 1.76. The lowest BCUT2D eigenvalue weighted by Crippen LogP contribution is -2.33. The minimum absolute atomic E-state index is 0.00768. The zero-order chi connectivity index (χ0) is 20.1. The number of nitrogens with one attached hydrogen (secondary N) is 1. The Morgan fingerprint density at radius 1 is 1.14 bits per heavy atom. The van der Waals surface area contributed by atoms with Gasteiger partial charge in [0.2, 0.25) is 0 Å². The maximum absolute atomic E-state index is 12.4. The predicted molar refractivity (Wildman–Crippen MR) is 93.6 cm³/mol. The molecule has 0 aromatic heterocycles. The van der Waals surface area contributed by atoms with Crippen LogP contribution in [0.25, 0.3) is 0 Å². The molecule has 1 aliphatic heterocycles. The van der Waals surface area contributed by atoms with E-state index in [0.29, 0.717) is 10.7 Å². The maximum Gasteiger partial charge on any atom is 0.573 e. The van der Waals surface area contributed by atoms with Crippen molar-refractivity contribution in [2.24, 2.45) is 0 Å². The van der Waals surface area contributed by atoms with Crippen LogP contribution in [-0.4, -0.2) is 23.9 Å². The molecule has 2 aromatic rings. The third-order valence-electron chi connectivity index (χ3n) is 3.56. The number of hydrogen-bond acceptors (Lipinski definition) is 5. The van der Waals surface area contributed by atoms with Gasteiger partial charge in [0.25, 0.3) is 6.02 Å². The van der Waals surface area contributed by atoms with E-state index in [9.17, 15) is 13.2 Å². The molecule has 0 amide bonds. The zero-order valence-electron chi connectivity index (χ0n) is 14.2. The van der Waals surface area contributed by atoms with E-state index >= 15 is 0 Å². The van der Waals surface area contributed by atoms with E-state index in [4.69, 9.17) is 31.5 Å². The smallest absolute Gasteiger partial charge is 0.426 e. The van der Waals surface area contributed by atoms with Crippen molar-refractivity contribution in [1.29, 1.82) is 5.41 Å². The van der Waals surface area contributed by atoms with Gasteiger partial charge in [0, 0.05) is 11.1 Å². The van der Waals surface area contributed by atoms with E-state index < -0.39 is 12.1 Å². The lowest BCUT2D eigenvalue weighted by Gasteiger charge is -2.24. The molecule has 0 fully saturated rings. The fourth-order valence-electron chi connectivity index (χ4n) is 2.34. The normalized spacial score (nSPS) is 13.5. The first-order valence-electron chi connectivity index (χ1n) is 7.92. The highest BCUT2D eigenvalue weighted by molar-refractivity contribution is 6.30. The number of hydrogen-bond donors (Lipinski definition) is 1. The number of halogens is 4. The number of rotatable bonds is 5. The van der Waals surface area contributed by atoms with E-state index in [-0.39, 0.29) is 24.9 Å². The molecule has 1 N–H and O–H groups in total. The average Bonchev–Trinajstić information content (AvgIpc) is 3.14. The van der Waals surface area contributed by atoms with Gasteiger partial charge >= 0.3 is 6.36 Å². The highest BCUT2D eigenvalue weighted by Gasteiger charge is 2.31. The summed E-state index contributed by atoms with van der Waals surface area (Å²) in [5, 5.41) is 8.82. The lowest BCUT2D eigenvalue weighted by molar-refractivity contribution is -0.274. The van der Waals surface area contributed by atoms with Crippen molar-refractivity contribution in [3.63, 3.8) is 0 Å². The van der Waals surface area contributed by atoms with Crippen LogP contribution in [0.5, 0.6) is 11.5 Å². The summed E-state index contributed by atoms with van der Waals surface area (Å²) < 4.78 is 46.4. The van der Waals surface area contributed by atoms with Gasteiger partial charge in [0.05, 0.1) is 12.2 Å². The topological polar surface area (TPSA) is 64.0 Å². The highest BCUT2D eigenvalue weighted by atomic mass is 35.5. The van der Waals surface area contributed by atoms with Crippen molar-refractivity contribution in [1.82, 2.24) is 4.90 Å². The van der Waals surface area contributed by atoms with Gasteiger partial charge < -0.3 is 14.4 Å². The zero-order valence-corrected chi connectivity index (χ0v) is 15.0. The Hall–Kier alpha value is -2.91. The first-order chi connectivity index (χ1) is 13.3. The fraction of sp³-hybridized carbons (Fsp3) is 0.167. The summed E-state index contributed by atoms with van der Waals surface area (Å²) in [6, 6.07) is 11.5. The predicted octanol–water partition coefficient (Wildman–Crippen LogP) is 4.86. The third-order valence-corrected chi connectivity index (χ3v) is 3.81. The second kappa shape index (κ2) is 8.41. The second-order valence-electron chi connectivity index (χ2n) is 5.61. The van der Waals surface area contributed by atoms with Gasteiger partial charge in [-0.05, 0) is 29.8 Å². The maximum atomic E-state index is 12.4. The fourth-order valence-corrected chi connectivity index (χ4v) is 2.46. The molecule has 1 heterocycles. The third kappa shape index (κ3) is 5.54. The van der Waals surface area contributed by atoms with Gasteiger partial charge in [-0.15, -0.1) is 13.2 Å². The summed E-state index contributed by atoms with van der Waals surface area (Å²) in [6.45, 7) is 0.309. The van der Waals surface area contributed by atoms with Gasteiger partial charge in [-0.1, -0.05) is 29.8 Å². The van der Waals surface area contributed by atoms with Crippen LogP contribution in [0, 0.1) is 5.41 Å². The van der Waals surface area contributed by atoms with Crippen LogP contribution in [0.4, 0.5) is 13.2 Å². The molecule has 6 nitrogen and oxygen atoms in total. The molecule has 28 heavy (non-hydrogen) atoms. The molecule has 3 rings (SSSR count). The number of benzene rings is 2. The molecule has 2 aromatic carbocycles. The number of nitrogens with zero attached hydrogens (tertiary/aromatic N) is 1. The van der Waals surface area contributed by atoms with Gasteiger partial charge in [-0.2, -0.15) is 4.89 Å². The van der Waals surface area contributed by atoms with Gasteiger partial charge in [-0.3, -0.25) is 10.3 Å². The monoisotopic (exact) mass is 414 g/mol. The summed E-state index contributed by atoms with van der Waals surface area (Å²) in [6.07, 6.45) is -3.51. The van der Waals surface area contributed by atoms with Crippen LogP contribution in [0.2, 0.25) is 5.02 Å². The Bertz CT molecular complexity index is 872. The SMILES string of the molecule is N=C(Oc1cccc(OC(F)(F)F)c1)N(Cc1ccc(Cl)cc1)C1=COOC1. The molecular weight excluding hydrogens is 401 g/mol. The number of ether oxygens (including phenoxy) is 2. The van der Waals surface area contributed by atoms with Crippen molar-refractivity contribution in [3.8, 4) is 11.5 Å². The van der Waals surface area contributed by atoms with Gasteiger partial charge in [0.1, 0.15) is 18.1 Å². The van der Waals surface area contributed by atoms with E-state index in [1.807, 2.05) is 0 Å². The molecule has 0 unspecified atom stereocenters. The molecule has 0 atom stereocenters. The Labute approximate surface area is 163 Å². The van der Waals surface area contributed by atoms with E-state index in [1.54, 1.807) is 24.3 Å². The van der Waals surface area contributed by atoms with Crippen molar-refractivity contribution >= 4 is 17.6 Å². The molecule has 0 aliphatic carbocycles. The van der Waals surface area contributed by atoms with Crippen LogP contribution in [0.15, 0.2) is 60.5 Å². The van der Waals surface area contributed by atoms with Crippen LogP contribution >= 0.6 is 11.6 Å². The van der Waals surface area contributed by atoms with Crippen LogP contribution in [0.1, 0.15) is 5.56 Å². The minimum Gasteiger partial charge on any atom is -0.426 e. The first kappa shape index (κ1) is 19.8. The van der Waals surface area contributed by atoms with Crippen LogP contribution < -0.4 is 9.47 Å². The summed E-state index contributed by atoms with van der Waals surface area (Å²) in [5.74, 6) is -0.443. The van der Waals surface area contributed by atoms with Crippen molar-refractivity contribution in [2.45, 2.75) is 12.9 Å². The standard InChI is InChI=1S/C18H14ClF3N2O4/c19-13-6-4-12(5-7-13)9-24(14-10-25-26-11-14)17(23)27-15-2-1-3-16(8-15)28-18(20,21)22/h1-8,10,23H,9,11H2. The largest absolute Gasteiger partial charge is 0.573 e. The van der Waals surface area contributed by atoms with Crippen LogP contribution in [0.3, 0.4) is 0 Å². The van der Waals surface area contributed by atoms with E-state index in [1.165, 1.54) is 23.3 Å². The number of alkyl halides is 3. The molecule has 0 saturated heterocycles. The molecule has 0 spiro atoms. The molecular formula is C18H14ClF3N2O4. The summed E-state index contributed by atoms with van der Waals surface area (Å²) in [7, 11) is 0. The Morgan fingerprint density at radius 3 is 2.50 bits per heavy atom. The Morgan fingerprint density at radius 2 is 1.86 bits per heavy atom. The summed E-state index contributed by atoms with van der Waals surface area (Å²) in [5.41, 5.74) is 1.32. The highest BCUT2D eigenvalue weighted by Crippen LogP contribution is 2.27. The van der Waals surface area contributed by atoms with E-state index in [0.717, 1.165) is 17.7 Å². The van der Waals surface area contributed by atoms with Crippen molar-refractivity contribution < 1.29 is 32.4 Å². The molecule has 10 heteroatoms. The molecule has 0 radical (unpaired) electrons. The lowest BCUT2D eigenvalue weighted by atomic mass is 10.2. The summed E-state index contributed by atoms with van der Waals surface area (Å²) >= 11 is 5.88. The summed E-state index contributed by atoms with van der Waals surface area (Å²) in [4.78, 5) is 11.0. The van der Waals surface area contributed by atoms with Gasteiger partial charge in [0.15, 0.2) is 6.26 Å². The first-order valence-corrected chi connectivity index (χ1v) is 8.29. The average molecular weight is 415 g/mol. The number of amidine groups is 1.